The van der Waals surface area contributed by atoms with Gasteiger partial charge >= 0.3 is 5.97 Å². The number of hydrogen-bond acceptors (Lipinski definition) is 3. The lowest BCUT2D eigenvalue weighted by atomic mass is 9.95. The molecule has 5 nitrogen and oxygen atoms in total. The number of fused-ring (bicyclic) bond motifs is 1. The molecule has 0 aliphatic heterocycles. The van der Waals surface area contributed by atoms with Gasteiger partial charge < -0.3 is 15.2 Å². The molecule has 2 aromatic carbocycles. The highest BCUT2D eigenvalue weighted by Crippen LogP contribution is 2.34. The molecule has 0 fully saturated rings. The number of aliphatic carboxylic acids is 1. The molecule has 0 heterocycles. The lowest BCUT2D eigenvalue weighted by Crippen LogP contribution is -2.23. The van der Waals surface area contributed by atoms with E-state index in [0.717, 1.165) is 10.8 Å². The monoisotopic (exact) mass is 273 g/mol. The first-order valence-corrected chi connectivity index (χ1v) is 6.14. The topological polar surface area (TPSA) is 75.6 Å². The zero-order chi connectivity index (χ0) is 14.5. The van der Waals surface area contributed by atoms with Crippen LogP contribution in [0.25, 0.3) is 10.8 Å². The molecular weight excluding hydrogens is 258 g/mol. The third-order valence-electron chi connectivity index (χ3n) is 3.15. The van der Waals surface area contributed by atoms with E-state index < -0.39 is 12.0 Å². The largest absolute Gasteiger partial charge is 0.496 e. The minimum Gasteiger partial charge on any atom is -0.496 e. The van der Waals surface area contributed by atoms with Crippen molar-refractivity contribution in [2.75, 3.05) is 7.11 Å². The quantitative estimate of drug-likeness (QED) is 0.790. The molecule has 0 bridgehead atoms. The van der Waals surface area contributed by atoms with Crippen LogP contribution in [-0.4, -0.2) is 24.6 Å². The molecule has 2 N–H and O–H groups in total. The summed E-state index contributed by atoms with van der Waals surface area (Å²) in [7, 11) is 1.52. The maximum atomic E-state index is 11.0. The summed E-state index contributed by atoms with van der Waals surface area (Å²) in [5, 5.41) is 13.4. The van der Waals surface area contributed by atoms with Gasteiger partial charge in [-0.05, 0) is 16.8 Å². The van der Waals surface area contributed by atoms with E-state index in [1.807, 2.05) is 30.3 Å². The second-order valence-corrected chi connectivity index (χ2v) is 4.34. The van der Waals surface area contributed by atoms with Crippen molar-refractivity contribution in [1.29, 1.82) is 0 Å². The summed E-state index contributed by atoms with van der Waals surface area (Å²) < 4.78 is 5.31. The fraction of sp³-hybridized carbons (Fsp3) is 0.200. The van der Waals surface area contributed by atoms with Gasteiger partial charge in [0.25, 0.3) is 0 Å². The summed E-state index contributed by atoms with van der Waals surface area (Å²) in [6.45, 7) is 0. The Hall–Kier alpha value is -2.56. The predicted octanol–water partition coefficient (Wildman–Crippen LogP) is 2.11. The number of methoxy groups -OCH3 is 1. The maximum Gasteiger partial charge on any atom is 0.305 e. The minimum atomic E-state index is -0.987. The van der Waals surface area contributed by atoms with Crippen molar-refractivity contribution >= 4 is 23.2 Å². The Labute approximate surface area is 116 Å². The van der Waals surface area contributed by atoms with E-state index >= 15 is 0 Å². The lowest BCUT2D eigenvalue weighted by Gasteiger charge is -2.20. The zero-order valence-electron chi connectivity index (χ0n) is 11.0. The predicted molar refractivity (Wildman–Crippen MR) is 74.7 cm³/mol. The Morgan fingerprint density at radius 3 is 2.75 bits per heavy atom. The lowest BCUT2D eigenvalue weighted by molar-refractivity contribution is -0.137. The number of benzene rings is 2. The molecular formula is C15H15NO4. The summed E-state index contributed by atoms with van der Waals surface area (Å²) in [5.74, 6) is -0.427. The smallest absolute Gasteiger partial charge is 0.305 e. The van der Waals surface area contributed by atoms with Crippen molar-refractivity contribution in [2.45, 2.75) is 12.5 Å². The first-order valence-electron chi connectivity index (χ1n) is 6.14. The van der Waals surface area contributed by atoms with Gasteiger partial charge in [0.2, 0.25) is 6.41 Å². The van der Waals surface area contributed by atoms with Crippen LogP contribution in [0.15, 0.2) is 36.4 Å². The number of carboxylic acid groups (broad SMARTS) is 1. The van der Waals surface area contributed by atoms with Gasteiger partial charge in [-0.25, -0.2) is 0 Å². The molecule has 0 aliphatic rings. The third kappa shape index (κ3) is 2.71. The van der Waals surface area contributed by atoms with Gasteiger partial charge in [-0.15, -0.1) is 0 Å². The maximum absolute atomic E-state index is 11.0. The molecule has 5 heteroatoms. The summed E-state index contributed by atoms with van der Waals surface area (Å²) in [6.07, 6.45) is 0.303. The molecule has 0 saturated heterocycles. The van der Waals surface area contributed by atoms with Crippen molar-refractivity contribution in [3.8, 4) is 5.75 Å². The number of ether oxygens (including phenoxy) is 1. The van der Waals surface area contributed by atoms with Crippen molar-refractivity contribution in [2.24, 2.45) is 0 Å². The van der Waals surface area contributed by atoms with Crippen LogP contribution < -0.4 is 10.1 Å². The fourth-order valence-corrected chi connectivity index (χ4v) is 2.31. The third-order valence-corrected chi connectivity index (χ3v) is 3.15. The van der Waals surface area contributed by atoms with Gasteiger partial charge in [0, 0.05) is 5.56 Å². The first kappa shape index (κ1) is 13.9. The van der Waals surface area contributed by atoms with Gasteiger partial charge in [-0.2, -0.15) is 0 Å². The number of carbonyl (C=O) groups is 2. The average Bonchev–Trinajstić information content (AvgIpc) is 2.45. The number of amides is 1. The molecule has 1 atom stereocenters. The minimum absolute atomic E-state index is 0.205. The molecule has 0 aliphatic carbocycles. The zero-order valence-corrected chi connectivity index (χ0v) is 11.0. The van der Waals surface area contributed by atoms with Crippen LogP contribution in [0.3, 0.4) is 0 Å². The fourth-order valence-electron chi connectivity index (χ4n) is 2.31. The number of hydrogen-bond donors (Lipinski definition) is 2. The van der Waals surface area contributed by atoms with Crippen molar-refractivity contribution in [3.63, 3.8) is 0 Å². The van der Waals surface area contributed by atoms with Crippen LogP contribution >= 0.6 is 0 Å². The molecule has 0 unspecified atom stereocenters. The summed E-state index contributed by atoms with van der Waals surface area (Å²) >= 11 is 0. The molecule has 2 aromatic rings. The van der Waals surface area contributed by atoms with Crippen LogP contribution in [-0.2, 0) is 9.59 Å². The van der Waals surface area contributed by atoms with Crippen LogP contribution in [0.5, 0.6) is 5.75 Å². The van der Waals surface area contributed by atoms with Crippen LogP contribution in [0.4, 0.5) is 0 Å². The summed E-state index contributed by atoms with van der Waals surface area (Å²) in [4.78, 5) is 21.8. The van der Waals surface area contributed by atoms with Gasteiger partial charge in [0.1, 0.15) is 5.75 Å². The van der Waals surface area contributed by atoms with E-state index in [1.165, 1.54) is 7.11 Å². The Bertz CT molecular complexity index is 639. The van der Waals surface area contributed by atoms with Gasteiger partial charge in [-0.1, -0.05) is 30.3 Å². The van der Waals surface area contributed by atoms with Crippen molar-refractivity contribution in [3.05, 3.63) is 42.0 Å². The van der Waals surface area contributed by atoms with Crippen LogP contribution in [0.1, 0.15) is 18.0 Å². The van der Waals surface area contributed by atoms with E-state index in [9.17, 15) is 9.59 Å². The van der Waals surface area contributed by atoms with E-state index in [2.05, 4.69) is 5.32 Å². The van der Waals surface area contributed by atoms with Crippen LogP contribution in [0, 0.1) is 0 Å². The number of rotatable bonds is 6. The Morgan fingerprint density at radius 1 is 1.35 bits per heavy atom. The molecule has 1 amide bonds. The SMILES string of the molecule is COc1ccc2ccccc2c1[C@@H](CC(=O)O)NC=O. The molecule has 0 aromatic heterocycles. The van der Waals surface area contributed by atoms with E-state index in [-0.39, 0.29) is 6.42 Å². The second-order valence-electron chi connectivity index (χ2n) is 4.34. The Balaban J connectivity index is 2.63. The van der Waals surface area contributed by atoms with Gasteiger partial charge in [0.05, 0.1) is 19.6 Å². The number of nitrogens with one attached hydrogen (secondary N) is 1. The van der Waals surface area contributed by atoms with Crippen molar-refractivity contribution in [1.82, 2.24) is 5.32 Å². The molecule has 104 valence electrons. The molecule has 2 rings (SSSR count). The van der Waals surface area contributed by atoms with Crippen LogP contribution in [0.2, 0.25) is 0 Å². The molecule has 0 radical (unpaired) electrons. The Morgan fingerprint density at radius 2 is 2.10 bits per heavy atom. The standard InChI is InChI=1S/C15H15NO4/c1-20-13-7-6-10-4-2-3-5-11(10)15(13)12(16-9-17)8-14(18)19/h2-7,9,12H,8H2,1H3,(H,16,17)(H,18,19)/t12-/m1/s1. The Kier molecular flexibility index (Phi) is 4.20. The molecule has 20 heavy (non-hydrogen) atoms. The normalized spacial score (nSPS) is 11.8. The highest BCUT2D eigenvalue weighted by atomic mass is 16.5. The van der Waals surface area contributed by atoms with Crippen molar-refractivity contribution < 1.29 is 19.4 Å². The number of carboxylic acids is 1. The van der Waals surface area contributed by atoms with Gasteiger partial charge in [-0.3, -0.25) is 9.59 Å². The summed E-state index contributed by atoms with van der Waals surface area (Å²) in [6, 6.07) is 10.6. The molecule has 0 saturated carbocycles. The second kappa shape index (κ2) is 6.06. The number of carbonyl (C=O) groups excluding carboxylic acids is 1. The molecule has 0 spiro atoms. The first-order chi connectivity index (χ1) is 9.67. The van der Waals surface area contributed by atoms with Gasteiger partial charge in [0.15, 0.2) is 0 Å². The highest BCUT2D eigenvalue weighted by molar-refractivity contribution is 5.89. The van der Waals surface area contributed by atoms with E-state index in [1.54, 1.807) is 6.07 Å². The van der Waals surface area contributed by atoms with E-state index in [4.69, 9.17) is 9.84 Å². The summed E-state index contributed by atoms with van der Waals surface area (Å²) in [5.41, 5.74) is 0.681. The van der Waals surface area contributed by atoms with E-state index in [0.29, 0.717) is 17.7 Å². The average molecular weight is 273 g/mol. The highest BCUT2D eigenvalue weighted by Gasteiger charge is 2.21.